The van der Waals surface area contributed by atoms with Gasteiger partial charge in [-0.05, 0) is 18.4 Å². The Balaban J connectivity index is 2.50. The van der Waals surface area contributed by atoms with Crippen LogP contribution in [0.4, 0.5) is 0 Å². The Bertz CT molecular complexity index is 414. The predicted octanol–water partition coefficient (Wildman–Crippen LogP) is 2.29. The van der Waals surface area contributed by atoms with E-state index in [2.05, 4.69) is 6.92 Å². The normalized spacial score (nSPS) is 11.9. The summed E-state index contributed by atoms with van der Waals surface area (Å²) in [6.45, 7) is 2.68. The highest BCUT2D eigenvalue weighted by Crippen LogP contribution is 2.06. The fourth-order valence-electron chi connectivity index (χ4n) is 1.57. The third kappa shape index (κ3) is 4.88. The summed E-state index contributed by atoms with van der Waals surface area (Å²) in [4.78, 5) is 0. The second-order valence-electron chi connectivity index (χ2n) is 4.23. The fraction of sp³-hybridized carbons (Fsp3) is 0.538. The Morgan fingerprint density at radius 3 is 2.41 bits per heavy atom. The molecule has 0 N–H and O–H groups in total. The Morgan fingerprint density at radius 1 is 1.18 bits per heavy atom. The topological polar surface area (TPSA) is 37.4 Å². The van der Waals surface area contributed by atoms with Gasteiger partial charge in [0.05, 0.1) is 5.75 Å². The highest BCUT2D eigenvalue weighted by Gasteiger charge is 2.16. The van der Waals surface area contributed by atoms with Crippen LogP contribution in [0.15, 0.2) is 30.3 Å². The van der Waals surface area contributed by atoms with E-state index in [0.717, 1.165) is 18.4 Å². The molecule has 0 aromatic heterocycles. The van der Waals surface area contributed by atoms with Crippen molar-refractivity contribution in [1.82, 2.24) is 4.31 Å². The van der Waals surface area contributed by atoms with E-state index in [0.29, 0.717) is 13.0 Å². The van der Waals surface area contributed by atoms with Gasteiger partial charge in [-0.1, -0.05) is 43.7 Å². The van der Waals surface area contributed by atoms with E-state index in [1.807, 2.05) is 30.3 Å². The van der Waals surface area contributed by atoms with Gasteiger partial charge in [0.1, 0.15) is 0 Å². The zero-order valence-corrected chi connectivity index (χ0v) is 11.4. The predicted molar refractivity (Wildman–Crippen MR) is 71.5 cm³/mol. The number of unbranched alkanes of at least 4 members (excludes halogenated alkanes) is 1. The van der Waals surface area contributed by atoms with Crippen LogP contribution in [-0.2, 0) is 16.4 Å². The van der Waals surface area contributed by atoms with Gasteiger partial charge in [-0.3, -0.25) is 0 Å². The summed E-state index contributed by atoms with van der Waals surface area (Å²) in [7, 11) is -1.43. The van der Waals surface area contributed by atoms with E-state index in [-0.39, 0.29) is 5.75 Å². The van der Waals surface area contributed by atoms with Crippen LogP contribution < -0.4 is 0 Å². The molecule has 1 aromatic rings. The van der Waals surface area contributed by atoms with Crippen LogP contribution >= 0.6 is 0 Å². The molecule has 0 radical (unpaired) electrons. The molecule has 17 heavy (non-hydrogen) atoms. The monoisotopic (exact) mass is 255 g/mol. The van der Waals surface area contributed by atoms with Crippen LogP contribution in [-0.4, -0.2) is 32.1 Å². The molecule has 4 heteroatoms. The minimum absolute atomic E-state index is 0.192. The summed E-state index contributed by atoms with van der Waals surface area (Å²) in [6, 6.07) is 9.72. The number of benzene rings is 1. The Kier molecular flexibility index (Phi) is 5.65. The highest BCUT2D eigenvalue weighted by molar-refractivity contribution is 7.89. The Labute approximate surface area is 105 Å². The van der Waals surface area contributed by atoms with Crippen molar-refractivity contribution < 1.29 is 8.42 Å². The van der Waals surface area contributed by atoms with Crippen LogP contribution in [0.25, 0.3) is 0 Å². The van der Waals surface area contributed by atoms with Gasteiger partial charge in [0, 0.05) is 13.6 Å². The van der Waals surface area contributed by atoms with Gasteiger partial charge in [0.15, 0.2) is 0 Å². The van der Waals surface area contributed by atoms with Crippen molar-refractivity contribution >= 4 is 10.0 Å². The van der Waals surface area contributed by atoms with Crippen LogP contribution in [0, 0.1) is 0 Å². The summed E-state index contributed by atoms with van der Waals surface area (Å²) < 4.78 is 25.3. The van der Waals surface area contributed by atoms with Crippen LogP contribution in [0.5, 0.6) is 0 Å². The van der Waals surface area contributed by atoms with E-state index in [1.54, 1.807) is 7.05 Å². The SMILES string of the molecule is CCCCN(C)S(=O)(=O)CCc1ccccc1. The first kappa shape index (κ1) is 14.2. The molecular formula is C13H21NO2S. The second kappa shape index (κ2) is 6.77. The Hall–Kier alpha value is -0.870. The number of sulfonamides is 1. The molecule has 1 aromatic carbocycles. The van der Waals surface area contributed by atoms with Crippen LogP contribution in [0.3, 0.4) is 0 Å². The molecule has 0 unspecified atom stereocenters. The molecule has 0 aliphatic rings. The van der Waals surface area contributed by atoms with Crippen molar-refractivity contribution in [3.05, 3.63) is 35.9 Å². The number of rotatable bonds is 7. The van der Waals surface area contributed by atoms with Crippen LogP contribution in [0.2, 0.25) is 0 Å². The molecule has 96 valence electrons. The van der Waals surface area contributed by atoms with Crippen molar-refractivity contribution in [3.8, 4) is 0 Å². The van der Waals surface area contributed by atoms with E-state index in [4.69, 9.17) is 0 Å². The minimum atomic E-state index is -3.10. The van der Waals surface area contributed by atoms with E-state index in [9.17, 15) is 8.42 Å². The molecule has 0 aliphatic carbocycles. The molecular weight excluding hydrogens is 234 g/mol. The minimum Gasteiger partial charge on any atom is -0.212 e. The van der Waals surface area contributed by atoms with Crippen LogP contribution in [0.1, 0.15) is 25.3 Å². The molecule has 0 amide bonds. The maximum atomic E-state index is 11.9. The van der Waals surface area contributed by atoms with Crippen molar-refractivity contribution in [2.24, 2.45) is 0 Å². The van der Waals surface area contributed by atoms with E-state index < -0.39 is 10.0 Å². The first-order valence-corrected chi connectivity index (χ1v) is 7.65. The maximum absolute atomic E-state index is 11.9. The smallest absolute Gasteiger partial charge is 0.212 e. The third-order valence-electron chi connectivity index (χ3n) is 2.79. The number of nitrogens with zero attached hydrogens (tertiary/aromatic N) is 1. The third-order valence-corrected chi connectivity index (χ3v) is 4.65. The second-order valence-corrected chi connectivity index (χ2v) is 6.42. The molecule has 0 heterocycles. The van der Waals surface area contributed by atoms with Crippen molar-refractivity contribution in [1.29, 1.82) is 0 Å². The summed E-state index contributed by atoms with van der Waals surface area (Å²) in [5, 5.41) is 0. The van der Waals surface area contributed by atoms with Gasteiger partial charge < -0.3 is 0 Å². The first-order chi connectivity index (χ1) is 8.06. The molecule has 0 saturated carbocycles. The quantitative estimate of drug-likeness (QED) is 0.749. The van der Waals surface area contributed by atoms with Gasteiger partial charge in [-0.15, -0.1) is 0 Å². The van der Waals surface area contributed by atoms with Gasteiger partial charge in [-0.2, -0.15) is 0 Å². The van der Waals surface area contributed by atoms with Crippen molar-refractivity contribution in [2.75, 3.05) is 19.3 Å². The number of hydrogen-bond acceptors (Lipinski definition) is 2. The molecule has 0 aliphatic heterocycles. The average Bonchev–Trinajstić information content (AvgIpc) is 2.35. The fourth-order valence-corrected chi connectivity index (χ4v) is 2.78. The lowest BCUT2D eigenvalue weighted by atomic mass is 10.2. The lowest BCUT2D eigenvalue weighted by molar-refractivity contribution is 0.459. The van der Waals surface area contributed by atoms with Crippen molar-refractivity contribution in [3.63, 3.8) is 0 Å². The summed E-state index contributed by atoms with van der Waals surface area (Å²) >= 11 is 0. The molecule has 1 rings (SSSR count). The first-order valence-electron chi connectivity index (χ1n) is 6.04. The van der Waals surface area contributed by atoms with Gasteiger partial charge in [0.2, 0.25) is 10.0 Å². The number of hydrogen-bond donors (Lipinski definition) is 0. The van der Waals surface area contributed by atoms with Gasteiger partial charge in [0.25, 0.3) is 0 Å². The standard InChI is InChI=1S/C13H21NO2S/c1-3-4-11-14(2)17(15,16)12-10-13-8-6-5-7-9-13/h5-9H,3-4,10-12H2,1-2H3. The zero-order valence-electron chi connectivity index (χ0n) is 10.6. The molecule has 0 saturated heterocycles. The average molecular weight is 255 g/mol. The highest BCUT2D eigenvalue weighted by atomic mass is 32.2. The molecule has 0 fully saturated rings. The number of aryl methyl sites for hydroxylation is 1. The summed E-state index contributed by atoms with van der Waals surface area (Å²) in [5.74, 6) is 0.192. The lowest BCUT2D eigenvalue weighted by Crippen LogP contribution is -2.30. The van der Waals surface area contributed by atoms with E-state index in [1.165, 1.54) is 4.31 Å². The van der Waals surface area contributed by atoms with E-state index >= 15 is 0 Å². The lowest BCUT2D eigenvalue weighted by Gasteiger charge is -2.16. The van der Waals surface area contributed by atoms with Gasteiger partial charge >= 0.3 is 0 Å². The van der Waals surface area contributed by atoms with Crippen molar-refractivity contribution in [2.45, 2.75) is 26.2 Å². The largest absolute Gasteiger partial charge is 0.214 e. The van der Waals surface area contributed by atoms with Gasteiger partial charge in [-0.25, -0.2) is 12.7 Å². The summed E-state index contributed by atoms with van der Waals surface area (Å²) in [6.07, 6.45) is 2.51. The maximum Gasteiger partial charge on any atom is 0.214 e. The molecule has 0 atom stereocenters. The molecule has 3 nitrogen and oxygen atoms in total. The zero-order chi connectivity index (χ0) is 12.7. The molecule has 0 bridgehead atoms. The molecule has 0 spiro atoms. The summed E-state index contributed by atoms with van der Waals surface area (Å²) in [5.41, 5.74) is 1.07. The Morgan fingerprint density at radius 2 is 1.82 bits per heavy atom.